The van der Waals surface area contributed by atoms with Crippen LogP contribution in [0.4, 0.5) is 27.6 Å². The Labute approximate surface area is 262 Å². The van der Waals surface area contributed by atoms with Crippen molar-refractivity contribution in [2.75, 3.05) is 11.2 Å². The predicted molar refractivity (Wildman–Crippen MR) is 161 cm³/mol. The molecule has 244 valence electrons. The van der Waals surface area contributed by atoms with Crippen LogP contribution in [-0.4, -0.2) is 46.0 Å². The van der Waals surface area contributed by atoms with Crippen LogP contribution in [0.15, 0.2) is 77.5 Å². The van der Waals surface area contributed by atoms with Crippen molar-refractivity contribution >= 4 is 27.0 Å². The smallest absolute Gasteiger partial charge is 0.432 e. The average molecular weight is 664 g/mol. The van der Waals surface area contributed by atoms with Gasteiger partial charge in [-0.05, 0) is 80.3 Å². The van der Waals surface area contributed by atoms with E-state index in [9.17, 15) is 30.4 Å². The van der Waals surface area contributed by atoms with Crippen LogP contribution in [0, 0.1) is 0 Å². The quantitative estimate of drug-likeness (QED) is 0.241. The van der Waals surface area contributed by atoms with Gasteiger partial charge in [0.1, 0.15) is 11.9 Å². The summed E-state index contributed by atoms with van der Waals surface area (Å²) in [6.07, 6.45) is -2.45. The largest absolute Gasteiger partial charge is 0.487 e. The number of nitrogens with one attached hydrogen (secondary N) is 2. The molecule has 3 aliphatic rings. The molecule has 6 rings (SSSR count). The molecular formula is C32H30F5N3O5S. The Kier molecular flexibility index (Phi) is 8.03. The first-order valence-corrected chi connectivity index (χ1v) is 16.3. The molecule has 2 heterocycles. The van der Waals surface area contributed by atoms with Gasteiger partial charge in [0.2, 0.25) is 0 Å². The number of alkyl halides is 5. The lowest BCUT2D eigenvalue weighted by molar-refractivity contribution is -0.0962. The summed E-state index contributed by atoms with van der Waals surface area (Å²) in [6.45, 7) is 0.259. The van der Waals surface area contributed by atoms with E-state index in [-0.39, 0.29) is 22.5 Å². The fourth-order valence-electron chi connectivity index (χ4n) is 5.31. The van der Waals surface area contributed by atoms with Crippen molar-refractivity contribution in [3.05, 3.63) is 83.7 Å². The molecule has 0 aromatic heterocycles. The van der Waals surface area contributed by atoms with Crippen LogP contribution in [0.2, 0.25) is 0 Å². The van der Waals surface area contributed by atoms with Gasteiger partial charge < -0.3 is 29.7 Å². The van der Waals surface area contributed by atoms with Crippen LogP contribution in [0.25, 0.3) is 22.6 Å². The standard InChI is InChI=1S/C32H30F5N3O5S/c1-17-38-28(32(35,36)37)16-40(17)25-11-7-20(19-5-4-6-23(13-19)46(3,41)42)14-24(25)29-30(43-18(2)39-29)21-8-12-26(45-31(33)34)27(15-21)44-22-9-10-22/h4-8,11-18,22,31,38-39H,9-10H2,1-3H3. The van der Waals surface area contributed by atoms with E-state index in [0.717, 1.165) is 25.3 Å². The van der Waals surface area contributed by atoms with Crippen molar-refractivity contribution in [2.24, 2.45) is 0 Å². The van der Waals surface area contributed by atoms with Crippen LogP contribution >= 0.6 is 0 Å². The number of rotatable bonds is 9. The summed E-state index contributed by atoms with van der Waals surface area (Å²) in [5.74, 6) is 0.277. The summed E-state index contributed by atoms with van der Waals surface area (Å²) < 4.78 is 109. The second kappa shape index (κ2) is 11.7. The fourth-order valence-corrected chi connectivity index (χ4v) is 5.98. The molecule has 3 aromatic carbocycles. The van der Waals surface area contributed by atoms with E-state index in [1.165, 1.54) is 35.2 Å². The molecule has 3 aromatic rings. The Hall–Kier alpha value is -4.46. The number of halogens is 5. The third-order valence-electron chi connectivity index (χ3n) is 7.60. The van der Waals surface area contributed by atoms with Crippen LogP contribution in [0.3, 0.4) is 0 Å². The molecule has 1 fully saturated rings. The van der Waals surface area contributed by atoms with Crippen LogP contribution in [0.1, 0.15) is 37.8 Å². The number of allylic oxidation sites excluding steroid dienone is 1. The number of ether oxygens (including phenoxy) is 3. The summed E-state index contributed by atoms with van der Waals surface area (Å²) in [6, 6.07) is 15.9. The molecule has 0 bridgehead atoms. The lowest BCUT2D eigenvalue weighted by Gasteiger charge is -2.26. The Morgan fingerprint density at radius 1 is 0.935 bits per heavy atom. The maximum absolute atomic E-state index is 13.7. The fraction of sp³-hybridized carbons (Fsp3) is 0.312. The number of hydrogen-bond acceptors (Lipinski definition) is 8. The monoisotopic (exact) mass is 663 g/mol. The Morgan fingerprint density at radius 2 is 1.65 bits per heavy atom. The SMILES string of the molecule is CC1NC(c2cc(-c3cccc(S(C)(=O)=O)c3)ccc2N2C=C(C(F)(F)F)NC2C)=C(c2ccc(OC(F)F)c(OC3CC3)c2)O1. The highest BCUT2D eigenvalue weighted by Gasteiger charge is 2.40. The van der Waals surface area contributed by atoms with Crippen molar-refractivity contribution in [2.45, 2.75) is 62.9 Å². The topological polar surface area (TPSA) is 89.1 Å². The van der Waals surface area contributed by atoms with Gasteiger partial charge in [0.05, 0.1) is 22.4 Å². The van der Waals surface area contributed by atoms with E-state index >= 15 is 0 Å². The van der Waals surface area contributed by atoms with E-state index in [1.807, 2.05) is 0 Å². The summed E-state index contributed by atoms with van der Waals surface area (Å²) in [7, 11) is -3.52. The minimum absolute atomic E-state index is 0.107. The number of sulfone groups is 1. The average Bonchev–Trinajstić information content (AvgIpc) is 3.58. The van der Waals surface area contributed by atoms with Gasteiger partial charge >= 0.3 is 12.8 Å². The summed E-state index contributed by atoms with van der Waals surface area (Å²) in [5.41, 5.74) is 1.97. The van der Waals surface area contributed by atoms with Gasteiger partial charge in [0.15, 0.2) is 33.3 Å². The Morgan fingerprint density at radius 3 is 2.30 bits per heavy atom. The van der Waals surface area contributed by atoms with Crippen LogP contribution in [-0.2, 0) is 14.6 Å². The zero-order chi connectivity index (χ0) is 33.0. The minimum Gasteiger partial charge on any atom is -0.487 e. The van der Waals surface area contributed by atoms with Crippen molar-refractivity contribution in [3.8, 4) is 22.6 Å². The minimum atomic E-state index is -4.61. The molecule has 0 radical (unpaired) electrons. The number of hydrogen-bond donors (Lipinski definition) is 2. The van der Waals surface area contributed by atoms with Gasteiger partial charge in [-0.15, -0.1) is 0 Å². The molecule has 14 heteroatoms. The second-order valence-electron chi connectivity index (χ2n) is 11.3. The first kappa shape index (κ1) is 31.5. The molecule has 0 saturated heterocycles. The zero-order valence-corrected chi connectivity index (χ0v) is 25.7. The molecule has 2 N–H and O–H groups in total. The van der Waals surface area contributed by atoms with Gasteiger partial charge in [-0.3, -0.25) is 0 Å². The molecule has 0 spiro atoms. The maximum atomic E-state index is 13.7. The molecular weight excluding hydrogens is 633 g/mol. The highest BCUT2D eigenvalue weighted by Crippen LogP contribution is 2.43. The normalized spacial score (nSPS) is 19.9. The summed E-state index contributed by atoms with van der Waals surface area (Å²) in [5, 5.41) is 5.72. The predicted octanol–water partition coefficient (Wildman–Crippen LogP) is 6.85. The first-order chi connectivity index (χ1) is 21.7. The highest BCUT2D eigenvalue weighted by atomic mass is 32.2. The zero-order valence-electron chi connectivity index (χ0n) is 24.9. The van der Waals surface area contributed by atoms with Gasteiger partial charge in [-0.25, -0.2) is 8.42 Å². The van der Waals surface area contributed by atoms with Gasteiger partial charge in [0, 0.05) is 23.6 Å². The van der Waals surface area contributed by atoms with E-state index in [1.54, 1.807) is 44.2 Å². The molecule has 46 heavy (non-hydrogen) atoms. The van der Waals surface area contributed by atoms with E-state index in [0.29, 0.717) is 39.4 Å². The van der Waals surface area contributed by atoms with Crippen LogP contribution in [0.5, 0.6) is 11.5 Å². The number of anilines is 1. The van der Waals surface area contributed by atoms with Crippen LogP contribution < -0.4 is 25.0 Å². The molecule has 1 saturated carbocycles. The summed E-state index contributed by atoms with van der Waals surface area (Å²) >= 11 is 0. The van der Waals surface area contributed by atoms with E-state index < -0.39 is 40.7 Å². The highest BCUT2D eigenvalue weighted by molar-refractivity contribution is 7.90. The second-order valence-corrected chi connectivity index (χ2v) is 13.3. The lowest BCUT2D eigenvalue weighted by atomic mass is 9.98. The third kappa shape index (κ3) is 6.57. The van der Waals surface area contributed by atoms with Crippen molar-refractivity contribution < 1.29 is 44.6 Å². The van der Waals surface area contributed by atoms with E-state index in [4.69, 9.17) is 9.47 Å². The number of nitrogens with zero attached hydrogens (tertiary/aromatic N) is 1. The van der Waals surface area contributed by atoms with E-state index in [2.05, 4.69) is 15.4 Å². The molecule has 2 atom stereocenters. The maximum Gasteiger partial charge on any atom is 0.432 e. The van der Waals surface area contributed by atoms with Crippen molar-refractivity contribution in [3.63, 3.8) is 0 Å². The molecule has 1 aliphatic carbocycles. The number of benzene rings is 3. The van der Waals surface area contributed by atoms with Gasteiger partial charge in [-0.1, -0.05) is 18.2 Å². The molecule has 2 unspecified atom stereocenters. The molecule has 2 aliphatic heterocycles. The molecule has 8 nitrogen and oxygen atoms in total. The molecule has 0 amide bonds. The third-order valence-corrected chi connectivity index (χ3v) is 8.71. The van der Waals surface area contributed by atoms with Crippen molar-refractivity contribution in [1.29, 1.82) is 0 Å². The Bertz CT molecular complexity index is 1840. The van der Waals surface area contributed by atoms with Gasteiger partial charge in [-0.2, -0.15) is 22.0 Å². The Balaban J connectivity index is 1.53. The van der Waals surface area contributed by atoms with Gasteiger partial charge in [0.25, 0.3) is 0 Å². The summed E-state index contributed by atoms with van der Waals surface area (Å²) in [4.78, 5) is 1.56. The van der Waals surface area contributed by atoms with Crippen molar-refractivity contribution in [1.82, 2.24) is 10.6 Å². The lowest BCUT2D eigenvalue weighted by Crippen LogP contribution is -2.35. The first-order valence-electron chi connectivity index (χ1n) is 14.4.